The molecule has 4 aromatic carbocycles. The monoisotopic (exact) mass is 1230 g/mol. The summed E-state index contributed by atoms with van der Waals surface area (Å²) in [5.74, 6) is -3.26. The number of nitrogens with one attached hydrogen (secondary N) is 5. The van der Waals surface area contributed by atoms with Gasteiger partial charge in [0, 0.05) is 48.7 Å². The molecule has 10 N–H and O–H groups in total. The van der Waals surface area contributed by atoms with Gasteiger partial charge in [0.25, 0.3) is 17.3 Å². The minimum Gasteiger partial charge on any atom is -0.391 e. The van der Waals surface area contributed by atoms with Crippen molar-refractivity contribution >= 4 is 82.4 Å². The molecule has 0 aliphatic carbocycles. The van der Waals surface area contributed by atoms with E-state index in [9.17, 15) is 57.8 Å². The first-order chi connectivity index (χ1) is 41.3. The van der Waals surface area contributed by atoms with Crippen molar-refractivity contribution < 1.29 is 67.4 Å². The molecule has 7 atom stereocenters. The van der Waals surface area contributed by atoms with Crippen LogP contribution in [0.25, 0.3) is 21.3 Å². The second-order valence-electron chi connectivity index (χ2n) is 23.5. The number of benzene rings is 4. The van der Waals surface area contributed by atoms with Crippen molar-refractivity contribution in [3.8, 4) is 16.2 Å². The first kappa shape index (κ1) is 63.4. The first-order valence-corrected chi connectivity index (χ1v) is 31.3. The molecule has 460 valence electrons. The largest absolute Gasteiger partial charge is 0.396 e. The molecule has 5 heterocycles. The topological polar surface area (TPSA) is 342 Å². The fraction of sp³-hybridized carbons (Fsp3) is 0.403. The number of aryl methyl sites for hydroxylation is 3. The van der Waals surface area contributed by atoms with E-state index in [0.29, 0.717) is 48.0 Å². The Kier molecular flexibility index (Phi) is 19.6. The highest BCUT2D eigenvalue weighted by molar-refractivity contribution is 7.70. The summed E-state index contributed by atoms with van der Waals surface area (Å²) in [5, 5.41) is 19.7. The molecule has 25 heteroatoms. The number of β-amino-alcohol motifs (C(OH)–C–C–N with tert-alkyl or cyclic N) is 1. The van der Waals surface area contributed by atoms with Crippen LogP contribution >= 0.6 is 18.9 Å². The average molecular weight is 1230 g/mol. The third kappa shape index (κ3) is 15.2. The number of aliphatic hydroxyl groups is 1. The minimum atomic E-state index is -5.06. The third-order valence-electron chi connectivity index (χ3n) is 16.1. The number of aromatic amines is 1. The molecule has 0 spiro atoms. The first-order valence-electron chi connectivity index (χ1n) is 28.8. The maximum atomic E-state index is 14.6. The van der Waals surface area contributed by atoms with Crippen LogP contribution in [0.1, 0.15) is 121 Å². The number of nitrogens with zero attached hydrogens (tertiary/aromatic N) is 3. The van der Waals surface area contributed by atoms with E-state index in [2.05, 4.69) is 31.4 Å². The van der Waals surface area contributed by atoms with Crippen LogP contribution in [-0.2, 0) is 63.9 Å². The van der Waals surface area contributed by atoms with Crippen LogP contribution in [0.2, 0.25) is 0 Å². The molecule has 0 unspecified atom stereocenters. The van der Waals surface area contributed by atoms with Crippen LogP contribution in [0.4, 0.5) is 5.69 Å². The molecular formula is C62H72N9O14PS. The summed E-state index contributed by atoms with van der Waals surface area (Å²) in [6.07, 6.45) is 1.32. The number of aromatic nitrogens is 2. The van der Waals surface area contributed by atoms with Crippen LogP contribution in [0.3, 0.4) is 0 Å². The van der Waals surface area contributed by atoms with Crippen molar-refractivity contribution in [3.63, 3.8) is 0 Å². The van der Waals surface area contributed by atoms with Gasteiger partial charge in [-0.2, -0.15) is 5.48 Å². The second kappa shape index (κ2) is 26.9. The second-order valence-corrected chi connectivity index (χ2v) is 25.9. The van der Waals surface area contributed by atoms with Gasteiger partial charge in [0.2, 0.25) is 29.5 Å². The quantitative estimate of drug-likeness (QED) is 0.0203. The lowest BCUT2D eigenvalue weighted by Gasteiger charge is -2.35. The van der Waals surface area contributed by atoms with Gasteiger partial charge in [0.15, 0.2) is 5.75 Å². The molecule has 87 heavy (non-hydrogen) atoms. The number of thiazole rings is 1. The zero-order chi connectivity index (χ0) is 62.5. The van der Waals surface area contributed by atoms with E-state index in [1.807, 2.05) is 82.3 Å². The number of ether oxygens (including phenoxy) is 1. The van der Waals surface area contributed by atoms with Gasteiger partial charge < -0.3 is 56.0 Å². The van der Waals surface area contributed by atoms with Crippen LogP contribution in [-0.4, -0.2) is 126 Å². The van der Waals surface area contributed by atoms with Crippen molar-refractivity contribution in [2.45, 2.75) is 148 Å². The van der Waals surface area contributed by atoms with Crippen LogP contribution in [0.5, 0.6) is 5.75 Å². The van der Waals surface area contributed by atoms with E-state index in [1.54, 1.807) is 24.6 Å². The predicted molar refractivity (Wildman–Crippen MR) is 323 cm³/mol. The molecule has 0 saturated carbocycles. The Morgan fingerprint density at radius 3 is 2.31 bits per heavy atom. The smallest absolute Gasteiger partial charge is 0.391 e. The molecule has 0 radical (unpaired) electrons. The summed E-state index contributed by atoms with van der Waals surface area (Å²) in [4.78, 5) is 143. The summed E-state index contributed by atoms with van der Waals surface area (Å²) in [6.45, 7) is 9.24. The van der Waals surface area contributed by atoms with E-state index in [-0.39, 0.29) is 68.8 Å². The summed E-state index contributed by atoms with van der Waals surface area (Å²) in [7, 11) is -5.06. The number of primary amides is 1. The number of rotatable bonds is 24. The van der Waals surface area contributed by atoms with Crippen LogP contribution in [0, 0.1) is 12.3 Å². The number of nitrogens with two attached hydrogens (primary N) is 1. The Hall–Kier alpha value is -8.12. The van der Waals surface area contributed by atoms with Gasteiger partial charge in [0.05, 0.1) is 46.6 Å². The van der Waals surface area contributed by atoms with Crippen molar-refractivity contribution in [1.29, 1.82) is 0 Å². The number of fused-ring (bicyclic) bond motifs is 1. The zero-order valence-corrected chi connectivity index (χ0v) is 50.6. The molecule has 1 saturated heterocycles. The highest BCUT2D eigenvalue weighted by Crippen LogP contribution is 2.41. The van der Waals surface area contributed by atoms with E-state index in [4.69, 9.17) is 15.3 Å². The van der Waals surface area contributed by atoms with Gasteiger partial charge in [-0.1, -0.05) is 63.2 Å². The molecule has 0 bridgehead atoms. The summed E-state index contributed by atoms with van der Waals surface area (Å²) >= 11 is 1.52. The Balaban J connectivity index is 0.750. The molecule has 6 aromatic rings. The molecule has 1 fully saturated rings. The van der Waals surface area contributed by atoms with Crippen molar-refractivity contribution in [2.75, 3.05) is 11.4 Å². The molecule has 23 nitrogen and oxygen atoms in total. The maximum Gasteiger partial charge on any atom is 0.396 e. The molecule has 2 aromatic heterocycles. The highest BCUT2D eigenvalue weighted by atomic mass is 32.1. The van der Waals surface area contributed by atoms with E-state index in [1.165, 1.54) is 45.4 Å². The average Bonchev–Trinajstić information content (AvgIpc) is 2.15. The summed E-state index contributed by atoms with van der Waals surface area (Å²) in [5.41, 5.74) is 13.8. The Morgan fingerprint density at radius 1 is 0.897 bits per heavy atom. The molecule has 3 aliphatic heterocycles. The lowest BCUT2D eigenvalue weighted by Crippen LogP contribution is -2.58. The number of aliphatic hydroxyl groups excluding tert-OH is 1. The van der Waals surface area contributed by atoms with Crippen LogP contribution < -0.4 is 36.9 Å². The fourth-order valence-corrected chi connectivity index (χ4v) is 12.6. The van der Waals surface area contributed by atoms with Gasteiger partial charge in [-0.15, -0.1) is 11.3 Å². The van der Waals surface area contributed by atoms with E-state index >= 15 is 0 Å². The number of likely N-dealkylation sites (tertiary alicyclic amines) is 1. The number of amides is 7. The van der Waals surface area contributed by atoms with Crippen molar-refractivity contribution in [1.82, 2.24) is 36.3 Å². The number of unbranched alkanes of at least 4 members (excludes halogenated alkanes) is 1. The number of H-pyrrole nitrogens is 1. The third-order valence-corrected chi connectivity index (χ3v) is 17.8. The molecule has 3 aliphatic rings. The zero-order valence-electron chi connectivity index (χ0n) is 48.9. The number of para-hydroxylation sites is 1. The van der Waals surface area contributed by atoms with Gasteiger partial charge in [-0.05, 0) is 134 Å². The van der Waals surface area contributed by atoms with Gasteiger partial charge in [-0.25, -0.2) is 4.98 Å². The number of anilines is 1. The van der Waals surface area contributed by atoms with Gasteiger partial charge in [-0.3, -0.25) is 47.8 Å². The predicted octanol–water partition coefficient (Wildman–Crippen LogP) is 5.59. The van der Waals surface area contributed by atoms with Crippen LogP contribution in [0.15, 0.2) is 96.5 Å². The number of carbonyl (C=O) groups is 8. The lowest BCUT2D eigenvalue weighted by atomic mass is 9.85. The Morgan fingerprint density at radius 2 is 1.62 bits per heavy atom. The minimum absolute atomic E-state index is 0.00116. The Bertz CT molecular complexity index is 3630. The van der Waals surface area contributed by atoms with Crippen molar-refractivity contribution in [3.05, 3.63) is 136 Å². The number of carbonyl (C=O) groups excluding carboxylic acids is 8. The summed E-state index contributed by atoms with van der Waals surface area (Å²) < 4.78 is 17.9. The highest BCUT2D eigenvalue weighted by Gasteiger charge is 2.46. The standard InChI is InChI=1S/C62H72N9O14PS/c1-34-54(87-33-64-34)39-17-21-44(22-18-39)85-69-58(77)49-30-43(72)31-70(49)60(79)55(62(3,4)5)68-52(74)12-7-6-9-36-13-15-37(16-14-36)32-84-35(2)45(25-26-51(63)73)66-57(76)50-29-40-11-8-10-38-19-24-47(59(78)71(50)53(38)40)67-56(75)48-28-42-27-41(20-23-46(42)65-48)61(80)86(81,82)83/h8,10-11,13-18,20-23,27-28,33,35,43,45,47,49-50,55,65,72H,6-7,9,12,19,24-26,29-32H2,1-5H3,(H2,63,73)(H,66,76)(H,67,75)(H,68,74)(H,69,77)(H2,81,82,83)/t35-,43-,45+,47+,49+,50+,55-/m1/s1. The van der Waals surface area contributed by atoms with Gasteiger partial charge in [0.1, 0.15) is 29.9 Å². The molecule has 7 amide bonds. The number of hydrogen-bond acceptors (Lipinski definition) is 14. The normalized spacial score (nSPS) is 18.5. The molecule has 9 rings (SSSR count). The summed E-state index contributed by atoms with van der Waals surface area (Å²) in [6, 6.07) is 21.0. The van der Waals surface area contributed by atoms with Gasteiger partial charge >= 0.3 is 7.60 Å². The van der Waals surface area contributed by atoms with E-state index in [0.717, 1.165) is 38.4 Å². The Labute approximate surface area is 506 Å². The lowest BCUT2D eigenvalue weighted by molar-refractivity contribution is -0.145. The fourth-order valence-electron chi connectivity index (χ4n) is 11.3. The maximum absolute atomic E-state index is 14.6. The van der Waals surface area contributed by atoms with E-state index < -0.39 is 96.4 Å². The number of hydroxylamine groups is 1. The molecular weight excluding hydrogens is 1160 g/mol. The van der Waals surface area contributed by atoms with Crippen molar-refractivity contribution in [2.24, 2.45) is 11.1 Å². The number of hydrogen-bond donors (Lipinski definition) is 9. The SMILES string of the molecule is Cc1ncsc1-c1ccc(ONC(=O)[C@@H]2C[C@@H](O)CN2C(=O)[C@@H](NC(=O)CCCCc2ccc(CO[C@H](C)[C@H](CCC(N)=O)NC(=O)[C@@H]3Cc4cccc5c4N3C(=O)[C@@H](NC(=O)c3cc4cc(C(=O)P(=O)(O)O)ccc4[nH]3)CC5)cc2)C(C)(C)C)cc1.